The third-order valence-electron chi connectivity index (χ3n) is 5.88. The zero-order chi connectivity index (χ0) is 21.9. The Morgan fingerprint density at radius 1 is 1.00 bits per heavy atom. The van der Waals surface area contributed by atoms with Crippen LogP contribution in [0.15, 0.2) is 70.4 Å². The molecule has 2 aromatic carbocycles. The molecule has 8 heteroatoms. The van der Waals surface area contributed by atoms with Crippen molar-refractivity contribution in [3.63, 3.8) is 0 Å². The number of nitrogens with zero attached hydrogens (tertiary/aromatic N) is 5. The summed E-state index contributed by atoms with van der Waals surface area (Å²) in [6.07, 6.45) is 1.63. The molecule has 0 spiro atoms. The van der Waals surface area contributed by atoms with Crippen LogP contribution in [0, 0.1) is 0 Å². The van der Waals surface area contributed by atoms with E-state index >= 15 is 0 Å². The molecule has 1 aliphatic rings. The number of thioether (sulfide) groups is 1. The van der Waals surface area contributed by atoms with E-state index in [1.807, 2.05) is 45.9 Å². The summed E-state index contributed by atoms with van der Waals surface area (Å²) in [5.74, 6) is 1.72. The number of carbonyl (C=O) groups is 1. The number of furan rings is 1. The van der Waals surface area contributed by atoms with Crippen molar-refractivity contribution in [2.24, 2.45) is 0 Å². The lowest BCUT2D eigenvalue weighted by Gasteiger charge is -2.34. The molecule has 4 aromatic rings. The van der Waals surface area contributed by atoms with Crippen LogP contribution < -0.4 is 0 Å². The van der Waals surface area contributed by atoms with E-state index in [2.05, 4.69) is 40.2 Å². The first kappa shape index (κ1) is 20.8. The van der Waals surface area contributed by atoms with Crippen LogP contribution in [0.5, 0.6) is 0 Å². The first-order valence-corrected chi connectivity index (χ1v) is 11.8. The molecule has 1 amide bonds. The van der Waals surface area contributed by atoms with Crippen LogP contribution in [0.2, 0.25) is 0 Å². The first-order valence-electron chi connectivity index (χ1n) is 10.8. The number of hydrogen-bond donors (Lipinski definition) is 0. The van der Waals surface area contributed by atoms with Crippen LogP contribution in [-0.4, -0.2) is 68.9 Å². The van der Waals surface area contributed by atoms with Gasteiger partial charge in [-0.2, -0.15) is 0 Å². The van der Waals surface area contributed by atoms with Gasteiger partial charge < -0.3 is 14.2 Å². The van der Waals surface area contributed by atoms with Gasteiger partial charge in [0, 0.05) is 31.6 Å². The van der Waals surface area contributed by atoms with Gasteiger partial charge in [0.1, 0.15) is 0 Å². The highest BCUT2D eigenvalue weighted by Crippen LogP contribution is 2.32. The molecular formula is C24H25N5O2S. The zero-order valence-corrected chi connectivity index (χ0v) is 18.8. The van der Waals surface area contributed by atoms with Gasteiger partial charge in [0.05, 0.1) is 17.7 Å². The normalized spacial score (nSPS) is 14.8. The summed E-state index contributed by atoms with van der Waals surface area (Å²) in [4.78, 5) is 17.2. The summed E-state index contributed by atoms with van der Waals surface area (Å²) < 4.78 is 7.63. The molecule has 0 bridgehead atoms. The lowest BCUT2D eigenvalue weighted by atomic mass is 10.1. The molecule has 2 aromatic heterocycles. The Bertz CT molecular complexity index is 1210. The number of fused-ring (bicyclic) bond motifs is 1. The number of piperazine rings is 1. The Morgan fingerprint density at radius 3 is 2.59 bits per heavy atom. The minimum Gasteiger partial charge on any atom is -0.461 e. The number of amides is 1. The monoisotopic (exact) mass is 447 g/mol. The Morgan fingerprint density at radius 2 is 1.81 bits per heavy atom. The molecule has 0 aliphatic carbocycles. The van der Waals surface area contributed by atoms with Gasteiger partial charge in [-0.05, 0) is 30.1 Å². The van der Waals surface area contributed by atoms with Crippen LogP contribution in [0.1, 0.15) is 6.92 Å². The Labute approximate surface area is 191 Å². The van der Waals surface area contributed by atoms with Gasteiger partial charge in [0.25, 0.3) is 0 Å². The van der Waals surface area contributed by atoms with E-state index in [-0.39, 0.29) is 5.91 Å². The summed E-state index contributed by atoms with van der Waals surface area (Å²) in [5.41, 5.74) is 0.964. The van der Waals surface area contributed by atoms with Crippen molar-refractivity contribution in [2.75, 3.05) is 38.5 Å². The summed E-state index contributed by atoms with van der Waals surface area (Å²) in [7, 11) is 0. The maximum Gasteiger partial charge on any atom is 0.233 e. The lowest BCUT2D eigenvalue weighted by Crippen LogP contribution is -2.49. The molecular weight excluding hydrogens is 422 g/mol. The van der Waals surface area contributed by atoms with Gasteiger partial charge in [-0.1, -0.05) is 55.1 Å². The second-order valence-corrected chi connectivity index (χ2v) is 8.66. The van der Waals surface area contributed by atoms with E-state index in [0.717, 1.165) is 49.2 Å². The standard InChI is InChI=1S/C24H25N5O2S/c1-2-27-12-14-28(15-13-27)22(30)17-32-24-26-25-23(21-11-6-16-31-21)29(24)20-10-5-8-18-7-3-4-9-19(18)20/h3-11,16H,2,12-15,17H2,1H3. The predicted octanol–water partition coefficient (Wildman–Crippen LogP) is 3.94. The van der Waals surface area contributed by atoms with E-state index < -0.39 is 0 Å². The van der Waals surface area contributed by atoms with E-state index in [1.54, 1.807) is 6.26 Å². The molecule has 0 unspecified atom stereocenters. The highest BCUT2D eigenvalue weighted by Gasteiger charge is 2.23. The zero-order valence-electron chi connectivity index (χ0n) is 18.0. The summed E-state index contributed by atoms with van der Waals surface area (Å²) in [6.45, 7) is 6.61. The third-order valence-corrected chi connectivity index (χ3v) is 6.79. The van der Waals surface area contributed by atoms with Crippen LogP contribution in [-0.2, 0) is 4.79 Å². The largest absolute Gasteiger partial charge is 0.461 e. The summed E-state index contributed by atoms with van der Waals surface area (Å²) in [6, 6.07) is 18.1. The van der Waals surface area contributed by atoms with Crippen LogP contribution >= 0.6 is 11.8 Å². The van der Waals surface area contributed by atoms with Crippen molar-refractivity contribution in [3.05, 3.63) is 60.9 Å². The van der Waals surface area contributed by atoms with Crippen molar-refractivity contribution in [1.82, 2.24) is 24.6 Å². The van der Waals surface area contributed by atoms with E-state index in [4.69, 9.17) is 4.42 Å². The molecule has 164 valence electrons. The molecule has 0 atom stereocenters. The molecule has 1 aliphatic heterocycles. The Hall–Kier alpha value is -3.10. The maximum absolute atomic E-state index is 12.9. The molecule has 7 nitrogen and oxygen atoms in total. The van der Waals surface area contributed by atoms with E-state index in [9.17, 15) is 4.79 Å². The summed E-state index contributed by atoms with van der Waals surface area (Å²) >= 11 is 1.42. The van der Waals surface area contributed by atoms with Gasteiger partial charge in [0.2, 0.25) is 11.7 Å². The highest BCUT2D eigenvalue weighted by atomic mass is 32.2. The van der Waals surface area contributed by atoms with Gasteiger partial charge >= 0.3 is 0 Å². The predicted molar refractivity (Wildman–Crippen MR) is 126 cm³/mol. The molecule has 32 heavy (non-hydrogen) atoms. The van der Waals surface area contributed by atoms with Gasteiger partial charge in [0.15, 0.2) is 10.9 Å². The second-order valence-electron chi connectivity index (χ2n) is 7.72. The summed E-state index contributed by atoms with van der Waals surface area (Å²) in [5, 5.41) is 11.7. The number of rotatable bonds is 6. The quantitative estimate of drug-likeness (QED) is 0.417. The molecule has 5 rings (SSSR count). The van der Waals surface area contributed by atoms with Gasteiger partial charge in [-0.25, -0.2) is 0 Å². The third kappa shape index (κ3) is 4.03. The topological polar surface area (TPSA) is 67.4 Å². The molecule has 1 saturated heterocycles. The molecule has 1 fully saturated rings. The fourth-order valence-corrected chi connectivity index (χ4v) is 4.93. The lowest BCUT2D eigenvalue weighted by molar-refractivity contribution is -0.130. The van der Waals surface area contributed by atoms with Crippen molar-refractivity contribution < 1.29 is 9.21 Å². The van der Waals surface area contributed by atoms with Crippen molar-refractivity contribution in [2.45, 2.75) is 12.1 Å². The van der Waals surface area contributed by atoms with Crippen molar-refractivity contribution in [3.8, 4) is 17.3 Å². The van der Waals surface area contributed by atoms with Crippen molar-refractivity contribution in [1.29, 1.82) is 0 Å². The second kappa shape index (κ2) is 9.18. The number of likely N-dealkylation sites (N-methyl/N-ethyl adjacent to an activating group) is 1. The van der Waals surface area contributed by atoms with Gasteiger partial charge in [-0.3, -0.25) is 9.36 Å². The number of hydrogen-bond acceptors (Lipinski definition) is 6. The van der Waals surface area contributed by atoms with Gasteiger partial charge in [-0.15, -0.1) is 10.2 Å². The van der Waals surface area contributed by atoms with Crippen LogP contribution in [0.25, 0.3) is 28.0 Å². The highest BCUT2D eigenvalue weighted by molar-refractivity contribution is 7.99. The number of aromatic nitrogens is 3. The Kier molecular flexibility index (Phi) is 5.96. The van der Waals surface area contributed by atoms with Crippen LogP contribution in [0.3, 0.4) is 0 Å². The number of carbonyl (C=O) groups excluding carboxylic acids is 1. The van der Waals surface area contributed by atoms with Crippen LogP contribution in [0.4, 0.5) is 0 Å². The van der Waals surface area contributed by atoms with Crippen molar-refractivity contribution >= 4 is 28.4 Å². The number of benzene rings is 2. The maximum atomic E-state index is 12.9. The first-order chi connectivity index (χ1) is 15.7. The minimum atomic E-state index is 0.137. The average Bonchev–Trinajstić information content (AvgIpc) is 3.52. The fourth-order valence-electron chi connectivity index (χ4n) is 4.08. The fraction of sp³-hybridized carbons (Fsp3) is 0.292. The molecule has 0 N–H and O–H groups in total. The molecule has 0 radical (unpaired) electrons. The average molecular weight is 448 g/mol. The van der Waals surface area contributed by atoms with E-state index in [0.29, 0.717) is 22.5 Å². The molecule has 3 heterocycles. The minimum absolute atomic E-state index is 0.137. The molecule has 0 saturated carbocycles. The SMILES string of the molecule is CCN1CCN(C(=O)CSc2nnc(-c3ccco3)n2-c2cccc3ccccc23)CC1. The Balaban J connectivity index is 1.45. The van der Waals surface area contributed by atoms with E-state index in [1.165, 1.54) is 11.8 Å². The smallest absolute Gasteiger partial charge is 0.233 e.